The van der Waals surface area contributed by atoms with Gasteiger partial charge in [-0.2, -0.15) is 0 Å². The first-order chi connectivity index (χ1) is 13.9. The van der Waals surface area contributed by atoms with Crippen LogP contribution in [0, 0.1) is 5.82 Å². The quantitative estimate of drug-likeness (QED) is 0.406. The number of rotatable bonds is 5. The van der Waals surface area contributed by atoms with E-state index in [1.54, 1.807) is 30.3 Å². The summed E-state index contributed by atoms with van der Waals surface area (Å²) >= 11 is 8.73. The van der Waals surface area contributed by atoms with Crippen molar-refractivity contribution >= 4 is 50.5 Å². The summed E-state index contributed by atoms with van der Waals surface area (Å²) in [5.41, 5.74) is 2.96. The Morgan fingerprint density at radius 2 is 1.52 bits per heavy atom. The van der Waals surface area contributed by atoms with Crippen LogP contribution in [0.3, 0.4) is 0 Å². The van der Waals surface area contributed by atoms with Crippen LogP contribution in [0.2, 0.25) is 0 Å². The molecule has 0 aliphatic rings. The molecule has 0 saturated carbocycles. The van der Waals surface area contributed by atoms with Gasteiger partial charge in [0.05, 0.1) is 11.6 Å². The van der Waals surface area contributed by atoms with Gasteiger partial charge in [-0.25, -0.2) is 4.39 Å². The zero-order chi connectivity index (χ0) is 20.8. The van der Waals surface area contributed by atoms with Gasteiger partial charge in [0, 0.05) is 15.8 Å². The van der Waals surface area contributed by atoms with Crippen molar-refractivity contribution in [2.75, 3.05) is 10.6 Å². The molecule has 1 unspecified atom stereocenters. The molecule has 3 N–H and O–H groups in total. The minimum atomic E-state index is -0.270. The fourth-order valence-corrected chi connectivity index (χ4v) is 3.44. The van der Waals surface area contributed by atoms with Crippen LogP contribution in [0.15, 0.2) is 77.3 Å². The van der Waals surface area contributed by atoms with Gasteiger partial charge in [-0.3, -0.25) is 4.79 Å². The number of nitrogens with one attached hydrogen (secondary N) is 3. The molecule has 4 nitrogen and oxygen atoms in total. The van der Waals surface area contributed by atoms with Crippen LogP contribution < -0.4 is 16.0 Å². The molecule has 0 radical (unpaired) electrons. The predicted octanol–water partition coefficient (Wildman–Crippen LogP) is 5.89. The molecule has 7 heteroatoms. The van der Waals surface area contributed by atoms with E-state index in [2.05, 4.69) is 31.9 Å². The Bertz CT molecular complexity index is 1010. The highest BCUT2D eigenvalue weighted by Crippen LogP contribution is 2.19. The topological polar surface area (TPSA) is 53.2 Å². The molecular formula is C22H19BrFN3OS. The number of benzene rings is 3. The van der Waals surface area contributed by atoms with Crippen molar-refractivity contribution in [3.8, 4) is 0 Å². The number of hydrogen-bond donors (Lipinski definition) is 3. The van der Waals surface area contributed by atoms with E-state index in [9.17, 15) is 9.18 Å². The number of carbonyl (C=O) groups is 1. The molecule has 1 amide bonds. The molecule has 148 valence electrons. The molecule has 3 aromatic carbocycles. The van der Waals surface area contributed by atoms with Crippen molar-refractivity contribution in [2.24, 2.45) is 0 Å². The normalized spacial score (nSPS) is 11.4. The number of hydrogen-bond acceptors (Lipinski definition) is 2. The molecule has 0 aliphatic heterocycles. The number of thiocarbonyl (C=S) groups is 1. The molecule has 1 atom stereocenters. The summed E-state index contributed by atoms with van der Waals surface area (Å²) in [6, 6.07) is 20.7. The molecule has 0 aliphatic carbocycles. The number of carbonyl (C=O) groups excluding carboxylic acids is 1. The fraction of sp³-hybridized carbons (Fsp3) is 0.0909. The van der Waals surface area contributed by atoms with E-state index in [1.807, 2.05) is 37.3 Å². The summed E-state index contributed by atoms with van der Waals surface area (Å²) in [5.74, 6) is -0.461. The maximum absolute atomic E-state index is 13.0. The highest BCUT2D eigenvalue weighted by atomic mass is 79.9. The third-order valence-electron chi connectivity index (χ3n) is 4.24. The highest BCUT2D eigenvalue weighted by Gasteiger charge is 2.10. The lowest BCUT2D eigenvalue weighted by Gasteiger charge is -2.17. The second-order valence-corrected chi connectivity index (χ2v) is 7.65. The monoisotopic (exact) mass is 471 g/mol. The summed E-state index contributed by atoms with van der Waals surface area (Å²) in [6.45, 7) is 1.95. The Labute approximate surface area is 182 Å². The lowest BCUT2D eigenvalue weighted by atomic mass is 10.1. The van der Waals surface area contributed by atoms with Gasteiger partial charge in [-0.1, -0.05) is 24.3 Å². The zero-order valence-corrected chi connectivity index (χ0v) is 18.0. The van der Waals surface area contributed by atoms with Gasteiger partial charge in [-0.05, 0) is 89.2 Å². The zero-order valence-electron chi connectivity index (χ0n) is 15.6. The van der Waals surface area contributed by atoms with E-state index in [4.69, 9.17) is 12.2 Å². The van der Waals surface area contributed by atoms with Crippen LogP contribution >= 0.6 is 28.1 Å². The minimum Gasteiger partial charge on any atom is -0.356 e. The second-order valence-electron chi connectivity index (χ2n) is 6.38. The van der Waals surface area contributed by atoms with Gasteiger partial charge in [0.15, 0.2) is 5.11 Å². The van der Waals surface area contributed by atoms with Gasteiger partial charge in [0.1, 0.15) is 5.82 Å². The molecule has 0 spiro atoms. The third-order valence-corrected chi connectivity index (χ3v) is 5.15. The summed E-state index contributed by atoms with van der Waals surface area (Å²) in [4.78, 5) is 12.4. The van der Waals surface area contributed by atoms with Crippen LogP contribution in [-0.4, -0.2) is 11.0 Å². The molecule has 0 heterocycles. The van der Waals surface area contributed by atoms with Gasteiger partial charge in [0.2, 0.25) is 0 Å². The Morgan fingerprint density at radius 3 is 2.14 bits per heavy atom. The summed E-state index contributed by atoms with van der Waals surface area (Å²) in [7, 11) is 0. The van der Waals surface area contributed by atoms with Crippen molar-refractivity contribution in [3.05, 3.63) is 94.2 Å². The average Bonchev–Trinajstić information content (AvgIpc) is 2.70. The smallest absolute Gasteiger partial charge is 0.256 e. The molecule has 0 bridgehead atoms. The maximum atomic E-state index is 13.0. The Morgan fingerprint density at radius 1 is 0.931 bits per heavy atom. The first-order valence-electron chi connectivity index (χ1n) is 8.91. The molecule has 0 aromatic heterocycles. The van der Waals surface area contributed by atoms with E-state index in [-0.39, 0.29) is 17.8 Å². The molecule has 3 rings (SSSR count). The van der Waals surface area contributed by atoms with Gasteiger partial charge in [0.25, 0.3) is 5.91 Å². The van der Waals surface area contributed by atoms with Crippen molar-refractivity contribution in [1.82, 2.24) is 5.32 Å². The van der Waals surface area contributed by atoms with Crippen LogP contribution in [0.1, 0.15) is 28.9 Å². The Kier molecular flexibility index (Phi) is 6.95. The standard InChI is InChI=1S/C22H19BrFN3OS/c1-14(15-6-8-16(24)9-7-15)25-22(29)27-18-12-10-17(11-13-18)26-21(28)19-4-2-3-5-20(19)23/h2-14H,1H3,(H,26,28)(H2,25,27,29). The third kappa shape index (κ3) is 5.85. The minimum absolute atomic E-state index is 0.0709. The Balaban J connectivity index is 1.56. The van der Waals surface area contributed by atoms with Gasteiger partial charge in [-0.15, -0.1) is 0 Å². The lowest BCUT2D eigenvalue weighted by Crippen LogP contribution is -2.30. The number of halogens is 2. The van der Waals surface area contributed by atoms with Crippen molar-refractivity contribution in [2.45, 2.75) is 13.0 Å². The van der Waals surface area contributed by atoms with Crippen LogP contribution in [0.25, 0.3) is 0 Å². The second kappa shape index (κ2) is 9.62. The first kappa shape index (κ1) is 21.0. The fourth-order valence-electron chi connectivity index (χ4n) is 2.68. The van der Waals surface area contributed by atoms with Crippen LogP contribution in [0.5, 0.6) is 0 Å². The number of anilines is 2. The summed E-state index contributed by atoms with van der Waals surface area (Å²) < 4.78 is 13.8. The van der Waals surface area contributed by atoms with Crippen molar-refractivity contribution in [3.63, 3.8) is 0 Å². The highest BCUT2D eigenvalue weighted by molar-refractivity contribution is 9.10. The van der Waals surface area contributed by atoms with Crippen LogP contribution in [0.4, 0.5) is 15.8 Å². The largest absolute Gasteiger partial charge is 0.356 e. The van der Waals surface area contributed by atoms with Crippen molar-refractivity contribution < 1.29 is 9.18 Å². The SMILES string of the molecule is CC(NC(=S)Nc1ccc(NC(=O)c2ccccc2Br)cc1)c1ccc(F)cc1. The first-order valence-corrected chi connectivity index (χ1v) is 10.1. The van der Waals surface area contributed by atoms with Gasteiger partial charge < -0.3 is 16.0 Å². The van der Waals surface area contributed by atoms with E-state index in [1.165, 1.54) is 12.1 Å². The van der Waals surface area contributed by atoms with Crippen molar-refractivity contribution in [1.29, 1.82) is 0 Å². The number of amides is 1. The maximum Gasteiger partial charge on any atom is 0.256 e. The van der Waals surface area contributed by atoms with E-state index in [0.29, 0.717) is 16.4 Å². The summed E-state index contributed by atoms with van der Waals surface area (Å²) in [6.07, 6.45) is 0. The van der Waals surface area contributed by atoms with E-state index in [0.717, 1.165) is 15.7 Å². The molecule has 29 heavy (non-hydrogen) atoms. The molecule has 0 fully saturated rings. The summed E-state index contributed by atoms with van der Waals surface area (Å²) in [5, 5.41) is 9.58. The molecular weight excluding hydrogens is 453 g/mol. The van der Waals surface area contributed by atoms with Gasteiger partial charge >= 0.3 is 0 Å². The predicted molar refractivity (Wildman–Crippen MR) is 123 cm³/mol. The lowest BCUT2D eigenvalue weighted by molar-refractivity contribution is 0.102. The molecule has 3 aromatic rings. The Hall–Kier alpha value is -2.77. The molecule has 0 saturated heterocycles. The van der Waals surface area contributed by atoms with Crippen LogP contribution in [-0.2, 0) is 0 Å². The average molecular weight is 472 g/mol. The van der Waals surface area contributed by atoms with E-state index < -0.39 is 0 Å². The van der Waals surface area contributed by atoms with E-state index >= 15 is 0 Å².